The smallest absolute Gasteiger partial charge is 0.137 e. The van der Waals surface area contributed by atoms with Gasteiger partial charge in [-0.3, -0.25) is 0 Å². The van der Waals surface area contributed by atoms with Crippen molar-refractivity contribution in [1.82, 2.24) is 0 Å². The number of benzene rings is 2. The molecule has 22 heavy (non-hydrogen) atoms. The molecule has 2 aromatic rings. The van der Waals surface area contributed by atoms with Crippen LogP contribution in [-0.2, 0) is 0 Å². The van der Waals surface area contributed by atoms with Crippen molar-refractivity contribution in [2.75, 3.05) is 7.11 Å². The second-order valence-electron chi connectivity index (χ2n) is 4.41. The monoisotopic (exact) mass is 292 g/mol. The van der Waals surface area contributed by atoms with Gasteiger partial charge in [-0.05, 0) is 17.7 Å². The number of nitriles is 2. The van der Waals surface area contributed by atoms with E-state index in [2.05, 4.69) is 0 Å². The summed E-state index contributed by atoms with van der Waals surface area (Å²) >= 11 is 0. The Bertz CT molecular complexity index is 772. The van der Waals surface area contributed by atoms with E-state index in [9.17, 15) is 10.2 Å². The Labute approximate surface area is 127 Å². The summed E-state index contributed by atoms with van der Waals surface area (Å²) in [6.07, 6.45) is 3.19. The Morgan fingerprint density at radius 1 is 0.955 bits per heavy atom. The van der Waals surface area contributed by atoms with E-state index in [-0.39, 0.29) is 28.2 Å². The first kappa shape index (κ1) is 15.0. The fourth-order valence-electron chi connectivity index (χ4n) is 1.97. The normalized spacial score (nSPS) is 10.1. The molecule has 0 fully saturated rings. The van der Waals surface area contributed by atoms with Gasteiger partial charge in [-0.2, -0.15) is 10.5 Å². The van der Waals surface area contributed by atoms with Crippen LogP contribution in [0.4, 0.5) is 0 Å². The molecule has 0 amide bonds. The number of phenols is 2. The average Bonchev–Trinajstić information content (AvgIpc) is 2.53. The molecule has 0 spiro atoms. The number of nitrogens with zero attached hydrogens (tertiary/aromatic N) is 2. The van der Waals surface area contributed by atoms with Crippen molar-refractivity contribution in [3.63, 3.8) is 0 Å². The lowest BCUT2D eigenvalue weighted by Crippen LogP contribution is -1.90. The highest BCUT2D eigenvalue weighted by molar-refractivity contribution is 5.79. The number of methoxy groups -OCH3 is 1. The molecule has 2 N–H and O–H groups in total. The van der Waals surface area contributed by atoms with Crippen molar-refractivity contribution in [2.45, 2.75) is 0 Å². The molecule has 0 bridgehead atoms. The quantitative estimate of drug-likeness (QED) is 0.847. The van der Waals surface area contributed by atoms with Crippen LogP contribution in [0, 0.1) is 22.7 Å². The molecule has 0 aliphatic rings. The van der Waals surface area contributed by atoms with Crippen LogP contribution in [0.2, 0.25) is 0 Å². The second kappa shape index (κ2) is 6.34. The molecule has 0 aromatic heterocycles. The summed E-state index contributed by atoms with van der Waals surface area (Å²) in [7, 11) is 1.57. The maximum absolute atomic E-state index is 9.72. The Morgan fingerprint density at radius 2 is 1.50 bits per heavy atom. The zero-order valence-electron chi connectivity index (χ0n) is 11.7. The van der Waals surface area contributed by atoms with Crippen molar-refractivity contribution in [3.05, 3.63) is 52.6 Å². The van der Waals surface area contributed by atoms with E-state index >= 15 is 0 Å². The zero-order chi connectivity index (χ0) is 16.1. The van der Waals surface area contributed by atoms with Crippen LogP contribution in [0.25, 0.3) is 12.2 Å². The summed E-state index contributed by atoms with van der Waals surface area (Å²) < 4.78 is 5.06. The van der Waals surface area contributed by atoms with Crippen LogP contribution >= 0.6 is 0 Å². The molecule has 0 atom stereocenters. The average molecular weight is 292 g/mol. The maximum Gasteiger partial charge on any atom is 0.137 e. The van der Waals surface area contributed by atoms with Gasteiger partial charge in [0.2, 0.25) is 0 Å². The predicted octanol–water partition coefficient (Wildman–Crippen LogP) is 3.02. The molecule has 2 rings (SSSR count). The van der Waals surface area contributed by atoms with E-state index < -0.39 is 0 Å². The third kappa shape index (κ3) is 2.84. The lowest BCUT2D eigenvalue weighted by molar-refractivity contribution is 0.415. The van der Waals surface area contributed by atoms with Gasteiger partial charge in [0, 0.05) is 11.6 Å². The molecule has 108 valence electrons. The summed E-state index contributed by atoms with van der Waals surface area (Å²) in [6.45, 7) is 0. The van der Waals surface area contributed by atoms with Crippen molar-refractivity contribution >= 4 is 12.2 Å². The first-order valence-corrected chi connectivity index (χ1v) is 6.32. The van der Waals surface area contributed by atoms with Gasteiger partial charge in [0.05, 0.1) is 7.11 Å². The van der Waals surface area contributed by atoms with Gasteiger partial charge in [-0.25, -0.2) is 0 Å². The highest BCUT2D eigenvalue weighted by Gasteiger charge is 2.15. The first-order valence-electron chi connectivity index (χ1n) is 6.32. The Morgan fingerprint density at radius 3 is 1.95 bits per heavy atom. The lowest BCUT2D eigenvalue weighted by Gasteiger charge is -2.06. The van der Waals surface area contributed by atoms with Crippen LogP contribution in [0.1, 0.15) is 22.3 Å². The van der Waals surface area contributed by atoms with Gasteiger partial charge in [0.15, 0.2) is 0 Å². The third-order valence-electron chi connectivity index (χ3n) is 3.11. The van der Waals surface area contributed by atoms with Crippen LogP contribution < -0.4 is 4.74 Å². The number of aromatic hydroxyl groups is 2. The van der Waals surface area contributed by atoms with Crippen molar-refractivity contribution in [3.8, 4) is 29.4 Å². The minimum atomic E-state index is -0.367. The fourth-order valence-corrected chi connectivity index (χ4v) is 1.97. The zero-order valence-corrected chi connectivity index (χ0v) is 11.7. The molecular formula is C17H12N2O3. The maximum atomic E-state index is 9.72. The standard InChI is InChI=1S/C17H12N2O3/c1-22-12-5-2-11(3-6-12)4-7-13-14(9-18)16(20)8-17(21)15(13)10-19/h2-8,20-21H,1H3. The Hall–Kier alpha value is -3.44. The molecule has 2 aromatic carbocycles. The van der Waals surface area contributed by atoms with Gasteiger partial charge in [-0.1, -0.05) is 24.3 Å². The fraction of sp³-hybridized carbons (Fsp3) is 0.0588. The second-order valence-corrected chi connectivity index (χ2v) is 4.41. The first-order chi connectivity index (χ1) is 10.6. The number of ether oxygens (including phenoxy) is 1. The van der Waals surface area contributed by atoms with Crippen LogP contribution in [-0.4, -0.2) is 17.3 Å². The van der Waals surface area contributed by atoms with E-state index in [1.807, 2.05) is 12.1 Å². The molecule has 0 saturated carbocycles. The molecule has 5 nitrogen and oxygen atoms in total. The molecule has 0 unspecified atom stereocenters. The molecule has 0 heterocycles. The van der Waals surface area contributed by atoms with Crippen LogP contribution in [0.5, 0.6) is 17.2 Å². The van der Waals surface area contributed by atoms with Gasteiger partial charge in [-0.15, -0.1) is 0 Å². The number of phenolic OH excluding ortho intramolecular Hbond substituents is 2. The lowest BCUT2D eigenvalue weighted by atomic mass is 9.99. The highest BCUT2D eigenvalue weighted by Crippen LogP contribution is 2.32. The largest absolute Gasteiger partial charge is 0.506 e. The SMILES string of the molecule is COc1ccc(C=Cc2c(C#N)c(O)cc(O)c2C#N)cc1. The van der Waals surface area contributed by atoms with E-state index in [0.29, 0.717) is 5.75 Å². The van der Waals surface area contributed by atoms with E-state index in [0.717, 1.165) is 11.6 Å². The van der Waals surface area contributed by atoms with Gasteiger partial charge < -0.3 is 14.9 Å². The molecule has 0 aliphatic heterocycles. The van der Waals surface area contributed by atoms with E-state index in [1.165, 1.54) is 6.08 Å². The number of rotatable bonds is 3. The summed E-state index contributed by atoms with van der Waals surface area (Å²) in [5, 5.41) is 37.7. The molecule has 0 aliphatic carbocycles. The highest BCUT2D eigenvalue weighted by atomic mass is 16.5. The summed E-state index contributed by atoms with van der Waals surface area (Å²) in [5.41, 5.74) is 0.882. The molecular weight excluding hydrogens is 280 g/mol. The van der Waals surface area contributed by atoms with Crippen molar-refractivity contribution in [1.29, 1.82) is 10.5 Å². The van der Waals surface area contributed by atoms with Crippen molar-refractivity contribution < 1.29 is 14.9 Å². The van der Waals surface area contributed by atoms with Gasteiger partial charge in [0.1, 0.15) is 40.5 Å². The number of hydrogen-bond donors (Lipinski definition) is 2. The molecule has 5 heteroatoms. The topological polar surface area (TPSA) is 97.3 Å². The number of hydrogen-bond acceptors (Lipinski definition) is 5. The minimum absolute atomic E-state index is 0.0564. The predicted molar refractivity (Wildman–Crippen MR) is 81.1 cm³/mol. The van der Waals surface area contributed by atoms with Crippen LogP contribution in [0.15, 0.2) is 30.3 Å². The van der Waals surface area contributed by atoms with Gasteiger partial charge >= 0.3 is 0 Å². The van der Waals surface area contributed by atoms with E-state index in [1.54, 1.807) is 37.5 Å². The summed E-state index contributed by atoms with van der Waals surface area (Å²) in [5.74, 6) is -0.0238. The third-order valence-corrected chi connectivity index (χ3v) is 3.11. The Balaban J connectivity index is 2.50. The minimum Gasteiger partial charge on any atom is -0.506 e. The summed E-state index contributed by atoms with van der Waals surface area (Å²) in [4.78, 5) is 0. The Kier molecular flexibility index (Phi) is 4.31. The van der Waals surface area contributed by atoms with E-state index in [4.69, 9.17) is 15.3 Å². The van der Waals surface area contributed by atoms with Crippen LogP contribution in [0.3, 0.4) is 0 Å². The van der Waals surface area contributed by atoms with Crippen molar-refractivity contribution in [2.24, 2.45) is 0 Å². The molecule has 0 radical (unpaired) electrons. The molecule has 0 saturated heterocycles. The summed E-state index contributed by atoms with van der Waals surface area (Å²) in [6, 6.07) is 11.8. The van der Waals surface area contributed by atoms with Gasteiger partial charge in [0.25, 0.3) is 0 Å².